The smallest absolute Gasteiger partial charge is 0.129 e. The average molecular weight is 219 g/mol. The molecule has 3 heteroatoms. The van der Waals surface area contributed by atoms with Crippen LogP contribution in [0.3, 0.4) is 0 Å². The van der Waals surface area contributed by atoms with E-state index in [9.17, 15) is 5.11 Å². The fraction of sp³-hybridized carbons (Fsp3) is 0.143. The SMILES string of the molecule is CSc1cc(Br)ccc1O. The Morgan fingerprint density at radius 2 is 2.20 bits per heavy atom. The van der Waals surface area contributed by atoms with Gasteiger partial charge < -0.3 is 5.11 Å². The third kappa shape index (κ3) is 1.67. The highest BCUT2D eigenvalue weighted by atomic mass is 79.9. The summed E-state index contributed by atoms with van der Waals surface area (Å²) in [5.41, 5.74) is 0. The fourth-order valence-corrected chi connectivity index (χ4v) is 1.69. The van der Waals surface area contributed by atoms with Crippen LogP contribution in [0, 0.1) is 0 Å². The van der Waals surface area contributed by atoms with Crippen LogP contribution in [0.15, 0.2) is 27.6 Å². The van der Waals surface area contributed by atoms with Crippen LogP contribution in [0.4, 0.5) is 0 Å². The van der Waals surface area contributed by atoms with Crippen molar-refractivity contribution in [1.29, 1.82) is 0 Å². The molecule has 0 bridgehead atoms. The molecule has 1 aromatic carbocycles. The molecule has 1 N–H and O–H groups in total. The number of benzene rings is 1. The average Bonchev–Trinajstić information content (AvgIpc) is 1.94. The number of phenolic OH excluding ortho intramolecular Hbond substituents is 1. The zero-order chi connectivity index (χ0) is 7.56. The molecule has 0 aliphatic heterocycles. The van der Waals surface area contributed by atoms with Gasteiger partial charge in [-0.25, -0.2) is 0 Å². The molecule has 0 heterocycles. The highest BCUT2D eigenvalue weighted by Crippen LogP contribution is 2.28. The van der Waals surface area contributed by atoms with Gasteiger partial charge in [-0.2, -0.15) is 0 Å². The maximum absolute atomic E-state index is 9.19. The molecule has 0 aliphatic carbocycles. The zero-order valence-corrected chi connectivity index (χ0v) is 7.87. The third-order valence-corrected chi connectivity index (χ3v) is 2.40. The second-order valence-corrected chi connectivity index (χ2v) is 3.58. The molecule has 0 fully saturated rings. The van der Waals surface area contributed by atoms with Crippen LogP contribution in [0.1, 0.15) is 0 Å². The van der Waals surface area contributed by atoms with Crippen LogP contribution in [0.2, 0.25) is 0 Å². The molecule has 54 valence electrons. The molecule has 0 amide bonds. The molecule has 1 nitrogen and oxygen atoms in total. The molecule has 0 saturated heterocycles. The largest absolute Gasteiger partial charge is 0.507 e. The predicted molar refractivity (Wildman–Crippen MR) is 47.6 cm³/mol. The van der Waals surface area contributed by atoms with Gasteiger partial charge in [-0.05, 0) is 24.5 Å². The molecule has 10 heavy (non-hydrogen) atoms. The first-order chi connectivity index (χ1) is 4.74. The lowest BCUT2D eigenvalue weighted by molar-refractivity contribution is 0.462. The number of hydrogen-bond acceptors (Lipinski definition) is 2. The Hall–Kier alpha value is -0.150. The minimum Gasteiger partial charge on any atom is -0.507 e. The van der Waals surface area contributed by atoms with Gasteiger partial charge in [0.2, 0.25) is 0 Å². The summed E-state index contributed by atoms with van der Waals surface area (Å²) in [5, 5.41) is 9.19. The van der Waals surface area contributed by atoms with Crippen molar-refractivity contribution >= 4 is 27.7 Å². The number of phenols is 1. The lowest BCUT2D eigenvalue weighted by atomic mass is 10.3. The molecule has 0 radical (unpaired) electrons. The minimum absolute atomic E-state index is 0.343. The van der Waals surface area contributed by atoms with Crippen molar-refractivity contribution < 1.29 is 5.11 Å². The van der Waals surface area contributed by atoms with Gasteiger partial charge in [0, 0.05) is 9.37 Å². The van der Waals surface area contributed by atoms with E-state index < -0.39 is 0 Å². The maximum atomic E-state index is 9.19. The van der Waals surface area contributed by atoms with Gasteiger partial charge in [-0.1, -0.05) is 15.9 Å². The Morgan fingerprint density at radius 1 is 1.50 bits per heavy atom. The topological polar surface area (TPSA) is 20.2 Å². The van der Waals surface area contributed by atoms with Crippen molar-refractivity contribution in [2.24, 2.45) is 0 Å². The Labute approximate surface area is 72.6 Å². The lowest BCUT2D eigenvalue weighted by Crippen LogP contribution is -1.71. The van der Waals surface area contributed by atoms with E-state index in [1.807, 2.05) is 18.4 Å². The van der Waals surface area contributed by atoms with E-state index in [1.165, 1.54) is 11.8 Å². The molecular weight excluding hydrogens is 212 g/mol. The van der Waals surface area contributed by atoms with Gasteiger partial charge in [0.15, 0.2) is 0 Å². The van der Waals surface area contributed by atoms with Crippen molar-refractivity contribution in [3.8, 4) is 5.75 Å². The van der Waals surface area contributed by atoms with Crippen LogP contribution in [0.25, 0.3) is 0 Å². The van der Waals surface area contributed by atoms with Crippen LogP contribution < -0.4 is 0 Å². The standard InChI is InChI=1S/C7H7BrOS/c1-10-7-4-5(8)2-3-6(7)9/h2-4,9H,1H3. The molecular formula is C7H7BrOS. The Morgan fingerprint density at radius 3 is 2.70 bits per heavy atom. The van der Waals surface area contributed by atoms with Crippen LogP contribution >= 0.6 is 27.7 Å². The summed E-state index contributed by atoms with van der Waals surface area (Å²) in [7, 11) is 0. The summed E-state index contributed by atoms with van der Waals surface area (Å²) >= 11 is 4.84. The lowest BCUT2D eigenvalue weighted by Gasteiger charge is -1.99. The Balaban J connectivity index is 3.09. The van der Waals surface area contributed by atoms with Crippen molar-refractivity contribution in [2.75, 3.05) is 6.26 Å². The van der Waals surface area contributed by atoms with E-state index in [-0.39, 0.29) is 0 Å². The minimum atomic E-state index is 0.343. The summed E-state index contributed by atoms with van der Waals surface area (Å²) < 4.78 is 0.995. The molecule has 0 saturated carbocycles. The van der Waals surface area contributed by atoms with Crippen LogP contribution in [0.5, 0.6) is 5.75 Å². The summed E-state index contributed by atoms with van der Waals surface area (Å²) in [6, 6.07) is 5.38. The zero-order valence-electron chi connectivity index (χ0n) is 5.47. The molecule has 0 aliphatic rings. The highest BCUT2D eigenvalue weighted by Gasteiger charge is 1.97. The van der Waals surface area contributed by atoms with Gasteiger partial charge >= 0.3 is 0 Å². The summed E-state index contributed by atoms with van der Waals surface area (Å²) in [6.45, 7) is 0. The second-order valence-electron chi connectivity index (χ2n) is 1.82. The molecule has 0 atom stereocenters. The third-order valence-electron chi connectivity index (χ3n) is 1.14. The quantitative estimate of drug-likeness (QED) is 0.733. The normalized spacial score (nSPS) is 9.80. The first-order valence-corrected chi connectivity index (χ1v) is 4.78. The summed E-state index contributed by atoms with van der Waals surface area (Å²) in [5.74, 6) is 0.343. The molecule has 0 unspecified atom stereocenters. The number of rotatable bonds is 1. The van der Waals surface area contributed by atoms with Crippen LogP contribution in [-0.2, 0) is 0 Å². The van der Waals surface area contributed by atoms with E-state index in [0.29, 0.717) is 5.75 Å². The van der Waals surface area contributed by atoms with E-state index in [1.54, 1.807) is 6.07 Å². The van der Waals surface area contributed by atoms with E-state index in [2.05, 4.69) is 15.9 Å². The first-order valence-electron chi connectivity index (χ1n) is 2.76. The number of hydrogen-bond donors (Lipinski definition) is 1. The van der Waals surface area contributed by atoms with Crippen molar-refractivity contribution in [3.63, 3.8) is 0 Å². The maximum Gasteiger partial charge on any atom is 0.129 e. The molecule has 1 aromatic rings. The Kier molecular flexibility index (Phi) is 2.63. The van der Waals surface area contributed by atoms with Gasteiger partial charge in [-0.15, -0.1) is 11.8 Å². The predicted octanol–water partition coefficient (Wildman–Crippen LogP) is 2.88. The monoisotopic (exact) mass is 218 g/mol. The summed E-state index contributed by atoms with van der Waals surface area (Å²) in [4.78, 5) is 0.898. The van der Waals surface area contributed by atoms with E-state index in [0.717, 1.165) is 9.37 Å². The second kappa shape index (κ2) is 3.30. The van der Waals surface area contributed by atoms with Crippen LogP contribution in [-0.4, -0.2) is 11.4 Å². The highest BCUT2D eigenvalue weighted by molar-refractivity contribution is 9.10. The number of thioether (sulfide) groups is 1. The van der Waals surface area contributed by atoms with Gasteiger partial charge in [-0.3, -0.25) is 0 Å². The molecule has 1 rings (SSSR count). The van der Waals surface area contributed by atoms with Crippen molar-refractivity contribution in [3.05, 3.63) is 22.7 Å². The Bertz CT molecular complexity index is 237. The van der Waals surface area contributed by atoms with Crippen molar-refractivity contribution in [1.82, 2.24) is 0 Å². The fourth-order valence-electron chi connectivity index (χ4n) is 0.651. The van der Waals surface area contributed by atoms with Crippen molar-refractivity contribution in [2.45, 2.75) is 4.90 Å². The van der Waals surface area contributed by atoms with E-state index in [4.69, 9.17) is 0 Å². The van der Waals surface area contributed by atoms with Gasteiger partial charge in [0.05, 0.1) is 0 Å². The first kappa shape index (κ1) is 7.95. The van der Waals surface area contributed by atoms with Gasteiger partial charge in [0.25, 0.3) is 0 Å². The van der Waals surface area contributed by atoms with Gasteiger partial charge in [0.1, 0.15) is 5.75 Å². The number of aromatic hydroxyl groups is 1. The molecule has 0 spiro atoms. The summed E-state index contributed by atoms with van der Waals surface area (Å²) in [6.07, 6.45) is 1.93. The number of halogens is 1. The van der Waals surface area contributed by atoms with E-state index >= 15 is 0 Å². The molecule has 0 aromatic heterocycles.